The average Bonchev–Trinajstić information content (AvgIpc) is 3.04. The fourth-order valence-electron chi connectivity index (χ4n) is 2.53. The molecule has 1 aromatic heterocycles. The molecule has 2 N–H and O–H groups in total. The van der Waals surface area contributed by atoms with E-state index >= 15 is 0 Å². The van der Waals surface area contributed by atoms with E-state index in [1.165, 1.54) is 12.1 Å². The van der Waals surface area contributed by atoms with Gasteiger partial charge in [0.1, 0.15) is 23.2 Å². The van der Waals surface area contributed by atoms with Crippen molar-refractivity contribution in [3.63, 3.8) is 0 Å². The summed E-state index contributed by atoms with van der Waals surface area (Å²) >= 11 is 1.09. The van der Waals surface area contributed by atoms with Gasteiger partial charge in [0.2, 0.25) is 5.91 Å². The number of fused-ring (bicyclic) bond motifs is 1. The Hall–Kier alpha value is -2.02. The number of hydrogen-bond donors (Lipinski definition) is 2. The van der Waals surface area contributed by atoms with Crippen LogP contribution in [0.15, 0.2) is 22.6 Å². The van der Waals surface area contributed by atoms with Crippen LogP contribution in [-0.4, -0.2) is 22.9 Å². The molecule has 0 spiro atoms. The molecule has 0 bridgehead atoms. The summed E-state index contributed by atoms with van der Waals surface area (Å²) in [6.45, 7) is 3.62. The van der Waals surface area contributed by atoms with Gasteiger partial charge in [-0.3, -0.25) is 9.59 Å². The maximum absolute atomic E-state index is 13.3. The zero-order valence-electron chi connectivity index (χ0n) is 12.1. The highest BCUT2D eigenvalue weighted by atomic mass is 32.2. The van der Waals surface area contributed by atoms with Crippen LogP contribution in [0.2, 0.25) is 0 Å². The number of carbonyl (C=O) groups is 2. The molecule has 22 heavy (non-hydrogen) atoms. The molecule has 5 nitrogen and oxygen atoms in total. The van der Waals surface area contributed by atoms with Gasteiger partial charge in [-0.25, -0.2) is 4.39 Å². The molecule has 7 heteroatoms. The molecule has 0 unspecified atom stereocenters. The predicted octanol–water partition coefficient (Wildman–Crippen LogP) is 2.88. The van der Waals surface area contributed by atoms with Crippen LogP contribution in [0.25, 0.3) is 11.0 Å². The molecular formula is C15H15FN2O3S. The average molecular weight is 322 g/mol. The lowest BCUT2D eigenvalue weighted by Gasteiger charge is -2.15. The molecule has 0 saturated carbocycles. The number of thioether (sulfide) groups is 1. The highest BCUT2D eigenvalue weighted by Gasteiger charge is 2.29. The van der Waals surface area contributed by atoms with E-state index in [9.17, 15) is 14.0 Å². The Morgan fingerprint density at radius 2 is 2.32 bits per heavy atom. The standard InChI is InChI=1S/C15H15FN2O3S/c1-7-10-5-9(16)3-4-12(10)21-13(7)8(2)17-14(19)11-6-22-15(20)18-11/h3-5,8,11H,6H2,1-2H3,(H,17,19)(H,18,20)/t8-,11-/m1/s1. The molecule has 0 aliphatic carbocycles. The van der Waals surface area contributed by atoms with Gasteiger partial charge in [-0.15, -0.1) is 0 Å². The van der Waals surface area contributed by atoms with Gasteiger partial charge in [0.15, 0.2) is 0 Å². The molecular weight excluding hydrogens is 307 g/mol. The fraction of sp³-hybridized carbons (Fsp3) is 0.333. The number of hydrogen-bond acceptors (Lipinski definition) is 4. The van der Waals surface area contributed by atoms with Crippen molar-refractivity contribution in [1.82, 2.24) is 10.6 Å². The van der Waals surface area contributed by atoms with Gasteiger partial charge in [-0.2, -0.15) is 0 Å². The molecule has 2 heterocycles. The number of furan rings is 1. The number of rotatable bonds is 3. The summed E-state index contributed by atoms with van der Waals surface area (Å²) in [6.07, 6.45) is 0. The first-order valence-corrected chi connectivity index (χ1v) is 7.86. The van der Waals surface area contributed by atoms with Crippen molar-refractivity contribution < 1.29 is 18.4 Å². The lowest BCUT2D eigenvalue weighted by Crippen LogP contribution is -2.43. The molecule has 1 aromatic carbocycles. The van der Waals surface area contributed by atoms with Crippen molar-refractivity contribution in [2.24, 2.45) is 0 Å². The van der Waals surface area contributed by atoms with E-state index in [0.717, 1.165) is 17.3 Å². The van der Waals surface area contributed by atoms with Crippen molar-refractivity contribution >= 4 is 33.9 Å². The molecule has 1 fully saturated rings. The number of benzene rings is 1. The Morgan fingerprint density at radius 3 is 3.00 bits per heavy atom. The van der Waals surface area contributed by atoms with Gasteiger partial charge in [-0.1, -0.05) is 11.8 Å². The molecule has 2 amide bonds. The second kappa shape index (κ2) is 5.64. The van der Waals surface area contributed by atoms with Crippen LogP contribution < -0.4 is 10.6 Å². The van der Waals surface area contributed by atoms with E-state index in [4.69, 9.17) is 4.42 Å². The summed E-state index contributed by atoms with van der Waals surface area (Å²) < 4.78 is 19.1. The van der Waals surface area contributed by atoms with Gasteiger partial charge in [0.25, 0.3) is 5.24 Å². The third kappa shape index (κ3) is 2.68. The SMILES string of the molecule is Cc1c([C@@H](C)NC(=O)[C@H]2CSC(=O)N2)oc2ccc(F)cc12. The summed E-state index contributed by atoms with van der Waals surface area (Å²) in [6, 6.07) is 3.43. The number of nitrogens with one attached hydrogen (secondary N) is 2. The Labute approximate surface area is 130 Å². The van der Waals surface area contributed by atoms with E-state index in [1.807, 2.05) is 6.92 Å². The molecule has 2 atom stereocenters. The lowest BCUT2D eigenvalue weighted by atomic mass is 10.1. The summed E-state index contributed by atoms with van der Waals surface area (Å²) in [7, 11) is 0. The quantitative estimate of drug-likeness (QED) is 0.911. The van der Waals surface area contributed by atoms with Gasteiger partial charge >= 0.3 is 0 Å². The third-order valence-corrected chi connectivity index (χ3v) is 4.56. The zero-order chi connectivity index (χ0) is 15.9. The number of aryl methyl sites for hydroxylation is 1. The summed E-state index contributed by atoms with van der Waals surface area (Å²) in [5, 5.41) is 5.92. The maximum Gasteiger partial charge on any atom is 0.279 e. The Balaban J connectivity index is 1.80. The van der Waals surface area contributed by atoms with Crippen LogP contribution in [0.3, 0.4) is 0 Å². The first-order chi connectivity index (χ1) is 10.5. The van der Waals surface area contributed by atoms with Crippen LogP contribution >= 0.6 is 11.8 Å². The minimum Gasteiger partial charge on any atom is -0.459 e. The highest BCUT2D eigenvalue weighted by molar-refractivity contribution is 8.14. The van der Waals surface area contributed by atoms with Gasteiger partial charge in [0.05, 0.1) is 6.04 Å². The molecule has 116 valence electrons. The van der Waals surface area contributed by atoms with E-state index in [2.05, 4.69) is 10.6 Å². The predicted molar refractivity (Wildman–Crippen MR) is 82.2 cm³/mol. The van der Waals surface area contributed by atoms with Gasteiger partial charge in [-0.05, 0) is 32.0 Å². The molecule has 1 aliphatic rings. The largest absolute Gasteiger partial charge is 0.459 e. The molecule has 1 aliphatic heterocycles. The fourth-order valence-corrected chi connectivity index (χ4v) is 3.31. The third-order valence-electron chi connectivity index (χ3n) is 3.68. The topological polar surface area (TPSA) is 71.3 Å². The minimum absolute atomic E-state index is 0.191. The van der Waals surface area contributed by atoms with Crippen molar-refractivity contribution in [3.05, 3.63) is 35.3 Å². The minimum atomic E-state index is -0.526. The molecule has 3 rings (SSSR count). The van der Waals surface area contributed by atoms with Crippen molar-refractivity contribution in [2.45, 2.75) is 25.9 Å². The number of carbonyl (C=O) groups excluding carboxylic acids is 2. The second-order valence-corrected chi connectivity index (χ2v) is 6.25. The van der Waals surface area contributed by atoms with Crippen molar-refractivity contribution in [3.8, 4) is 0 Å². The monoisotopic (exact) mass is 322 g/mol. The molecule has 2 aromatic rings. The Morgan fingerprint density at radius 1 is 1.55 bits per heavy atom. The lowest BCUT2D eigenvalue weighted by molar-refractivity contribution is -0.123. The molecule has 0 radical (unpaired) electrons. The number of halogens is 1. The van der Waals surface area contributed by atoms with Crippen LogP contribution in [0.4, 0.5) is 9.18 Å². The maximum atomic E-state index is 13.3. The number of amides is 2. The van der Waals surface area contributed by atoms with Crippen LogP contribution in [0, 0.1) is 12.7 Å². The highest BCUT2D eigenvalue weighted by Crippen LogP contribution is 2.30. The summed E-state index contributed by atoms with van der Waals surface area (Å²) in [5.74, 6) is 0.426. The van der Waals surface area contributed by atoms with Crippen LogP contribution in [0.5, 0.6) is 0 Å². The van der Waals surface area contributed by atoms with E-state index in [0.29, 0.717) is 22.5 Å². The first kappa shape index (κ1) is 14.9. The smallest absolute Gasteiger partial charge is 0.279 e. The van der Waals surface area contributed by atoms with E-state index < -0.39 is 6.04 Å². The van der Waals surface area contributed by atoms with Gasteiger partial charge < -0.3 is 15.1 Å². The van der Waals surface area contributed by atoms with Gasteiger partial charge in [0, 0.05) is 16.7 Å². The second-order valence-electron chi connectivity index (χ2n) is 5.26. The summed E-state index contributed by atoms with van der Waals surface area (Å²) in [4.78, 5) is 23.2. The van der Waals surface area contributed by atoms with Crippen molar-refractivity contribution in [1.29, 1.82) is 0 Å². The van der Waals surface area contributed by atoms with E-state index in [-0.39, 0.29) is 23.0 Å². The normalized spacial score (nSPS) is 19.2. The Bertz CT molecular complexity index is 759. The van der Waals surface area contributed by atoms with E-state index in [1.54, 1.807) is 13.0 Å². The molecule has 1 saturated heterocycles. The summed E-state index contributed by atoms with van der Waals surface area (Å²) in [5.41, 5.74) is 1.38. The zero-order valence-corrected chi connectivity index (χ0v) is 12.9. The van der Waals surface area contributed by atoms with Crippen molar-refractivity contribution in [2.75, 3.05) is 5.75 Å². The first-order valence-electron chi connectivity index (χ1n) is 6.88. The van der Waals surface area contributed by atoms with Crippen LogP contribution in [0.1, 0.15) is 24.3 Å². The Kier molecular flexibility index (Phi) is 3.82. The van der Waals surface area contributed by atoms with Crippen LogP contribution in [-0.2, 0) is 4.79 Å².